The van der Waals surface area contributed by atoms with Crippen LogP contribution in [0.4, 0.5) is 0 Å². The Balaban J connectivity index is 2.01. The minimum absolute atomic E-state index is 0.731. The molecule has 0 aliphatic carbocycles. The predicted octanol–water partition coefficient (Wildman–Crippen LogP) is 3.06. The molecule has 0 aliphatic heterocycles. The van der Waals surface area contributed by atoms with E-state index in [1.165, 1.54) is 9.75 Å². The summed E-state index contributed by atoms with van der Waals surface area (Å²) in [6, 6.07) is 4.32. The van der Waals surface area contributed by atoms with Gasteiger partial charge >= 0.3 is 0 Å². The quantitative estimate of drug-likeness (QED) is 0.904. The van der Waals surface area contributed by atoms with Crippen molar-refractivity contribution in [1.82, 2.24) is 15.1 Å². The molecule has 0 radical (unpaired) electrons. The van der Waals surface area contributed by atoms with Crippen LogP contribution < -0.4 is 5.32 Å². The second-order valence-corrected chi connectivity index (χ2v) is 5.57. The Morgan fingerprint density at radius 1 is 1.41 bits per heavy atom. The fourth-order valence-electron chi connectivity index (χ4n) is 1.58. The summed E-state index contributed by atoms with van der Waals surface area (Å²) in [4.78, 5) is 2.66. The van der Waals surface area contributed by atoms with Crippen molar-refractivity contribution in [2.75, 3.05) is 6.54 Å². The molecule has 2 rings (SSSR count). The summed E-state index contributed by atoms with van der Waals surface area (Å²) in [5.41, 5.74) is 0.885. The summed E-state index contributed by atoms with van der Waals surface area (Å²) in [6.07, 6.45) is 1.88. The van der Waals surface area contributed by atoms with Crippen LogP contribution in [-0.4, -0.2) is 16.3 Å². The standard InChI is InChI=1S/C12H16ClN3S/c1-3-14-6-10-4-5-11(17-10)7-16-8-12(13)9(2)15-16/h4-5,8,14H,3,6-7H2,1-2H3. The smallest absolute Gasteiger partial charge is 0.0815 e. The zero-order valence-corrected chi connectivity index (χ0v) is 11.6. The first kappa shape index (κ1) is 12.6. The maximum Gasteiger partial charge on any atom is 0.0815 e. The number of rotatable bonds is 5. The lowest BCUT2D eigenvalue weighted by Crippen LogP contribution is -2.10. The second-order valence-electron chi connectivity index (χ2n) is 3.91. The molecule has 5 heteroatoms. The average molecular weight is 270 g/mol. The van der Waals surface area contributed by atoms with Gasteiger partial charge in [0.1, 0.15) is 0 Å². The van der Waals surface area contributed by atoms with Gasteiger partial charge in [-0.15, -0.1) is 11.3 Å². The van der Waals surface area contributed by atoms with Crippen LogP contribution in [0.15, 0.2) is 18.3 Å². The molecule has 2 heterocycles. The van der Waals surface area contributed by atoms with Crippen LogP contribution in [0.2, 0.25) is 5.02 Å². The number of aromatic nitrogens is 2. The molecule has 1 N–H and O–H groups in total. The van der Waals surface area contributed by atoms with E-state index in [0.29, 0.717) is 0 Å². The monoisotopic (exact) mass is 269 g/mol. The maximum atomic E-state index is 5.98. The highest BCUT2D eigenvalue weighted by molar-refractivity contribution is 7.11. The number of thiophene rings is 1. The Morgan fingerprint density at radius 2 is 2.18 bits per heavy atom. The first-order valence-corrected chi connectivity index (χ1v) is 6.86. The van der Waals surface area contributed by atoms with Crippen LogP contribution in [0.1, 0.15) is 22.4 Å². The molecule has 0 aromatic carbocycles. The molecule has 0 amide bonds. The summed E-state index contributed by atoms with van der Waals surface area (Å²) in [5.74, 6) is 0. The molecular formula is C12H16ClN3S. The van der Waals surface area contributed by atoms with Crippen molar-refractivity contribution in [1.29, 1.82) is 0 Å². The lowest BCUT2D eigenvalue weighted by molar-refractivity contribution is 0.687. The van der Waals surface area contributed by atoms with Crippen LogP contribution in [0.5, 0.6) is 0 Å². The number of hydrogen-bond donors (Lipinski definition) is 1. The van der Waals surface area contributed by atoms with Crippen LogP contribution in [0, 0.1) is 6.92 Å². The molecule has 0 saturated heterocycles. The van der Waals surface area contributed by atoms with E-state index in [4.69, 9.17) is 11.6 Å². The van der Waals surface area contributed by atoms with Crippen molar-refractivity contribution in [3.05, 3.63) is 38.8 Å². The third kappa shape index (κ3) is 3.31. The van der Waals surface area contributed by atoms with Gasteiger partial charge in [-0.25, -0.2) is 0 Å². The number of nitrogens with one attached hydrogen (secondary N) is 1. The third-order valence-corrected chi connectivity index (χ3v) is 3.91. The lowest BCUT2D eigenvalue weighted by atomic mass is 10.4. The van der Waals surface area contributed by atoms with Gasteiger partial charge in [0.2, 0.25) is 0 Å². The van der Waals surface area contributed by atoms with Crippen molar-refractivity contribution in [2.24, 2.45) is 0 Å². The SMILES string of the molecule is CCNCc1ccc(Cn2cc(Cl)c(C)n2)s1. The van der Waals surface area contributed by atoms with Crippen LogP contribution in [-0.2, 0) is 13.1 Å². The van der Waals surface area contributed by atoms with Crippen molar-refractivity contribution in [2.45, 2.75) is 26.9 Å². The number of nitrogens with zero attached hydrogens (tertiary/aromatic N) is 2. The van der Waals surface area contributed by atoms with Crippen molar-refractivity contribution < 1.29 is 0 Å². The summed E-state index contributed by atoms with van der Waals surface area (Å²) >= 11 is 7.80. The number of halogens is 1. The topological polar surface area (TPSA) is 29.9 Å². The van der Waals surface area contributed by atoms with Gasteiger partial charge in [-0.05, 0) is 25.6 Å². The number of hydrogen-bond acceptors (Lipinski definition) is 3. The molecule has 0 spiro atoms. The van der Waals surface area contributed by atoms with E-state index in [-0.39, 0.29) is 0 Å². The van der Waals surface area contributed by atoms with E-state index >= 15 is 0 Å². The largest absolute Gasteiger partial charge is 0.312 e. The summed E-state index contributed by atoms with van der Waals surface area (Å²) in [5, 5.41) is 8.41. The van der Waals surface area contributed by atoms with E-state index in [0.717, 1.165) is 30.4 Å². The molecule has 3 nitrogen and oxygen atoms in total. The lowest BCUT2D eigenvalue weighted by Gasteiger charge is -1.98. The highest BCUT2D eigenvalue weighted by Gasteiger charge is 2.04. The Bertz CT molecular complexity index is 470. The van der Waals surface area contributed by atoms with Gasteiger partial charge in [0.15, 0.2) is 0 Å². The van der Waals surface area contributed by atoms with E-state index < -0.39 is 0 Å². The Labute approximate surface area is 110 Å². The summed E-state index contributed by atoms with van der Waals surface area (Å²) in [7, 11) is 0. The normalized spacial score (nSPS) is 11.0. The Kier molecular flexibility index (Phi) is 4.20. The van der Waals surface area contributed by atoms with Crippen molar-refractivity contribution in [3.8, 4) is 0 Å². The Morgan fingerprint density at radius 3 is 2.82 bits per heavy atom. The first-order valence-electron chi connectivity index (χ1n) is 5.67. The maximum absolute atomic E-state index is 5.98. The Hall–Kier alpha value is -0.840. The number of aryl methyl sites for hydroxylation is 1. The van der Waals surface area contributed by atoms with Gasteiger partial charge in [0.05, 0.1) is 17.3 Å². The van der Waals surface area contributed by atoms with Gasteiger partial charge in [0.25, 0.3) is 0 Å². The molecule has 0 saturated carbocycles. The second kappa shape index (κ2) is 5.67. The van der Waals surface area contributed by atoms with E-state index in [1.54, 1.807) is 0 Å². The predicted molar refractivity (Wildman–Crippen MR) is 72.8 cm³/mol. The molecule has 2 aromatic rings. The van der Waals surface area contributed by atoms with Gasteiger partial charge in [0, 0.05) is 22.5 Å². The van der Waals surface area contributed by atoms with Gasteiger partial charge in [-0.1, -0.05) is 18.5 Å². The molecule has 0 aliphatic rings. The van der Waals surface area contributed by atoms with E-state index in [9.17, 15) is 0 Å². The average Bonchev–Trinajstić information content (AvgIpc) is 2.85. The fourth-order valence-corrected chi connectivity index (χ4v) is 2.72. The molecule has 0 fully saturated rings. The molecule has 0 atom stereocenters. The van der Waals surface area contributed by atoms with Gasteiger partial charge < -0.3 is 5.32 Å². The van der Waals surface area contributed by atoms with Crippen molar-refractivity contribution >= 4 is 22.9 Å². The fraction of sp³-hybridized carbons (Fsp3) is 0.417. The molecule has 17 heavy (non-hydrogen) atoms. The first-order chi connectivity index (χ1) is 8.19. The van der Waals surface area contributed by atoms with Gasteiger partial charge in [-0.2, -0.15) is 5.10 Å². The summed E-state index contributed by atoms with van der Waals surface area (Å²) in [6.45, 7) is 6.78. The van der Waals surface area contributed by atoms with Crippen molar-refractivity contribution in [3.63, 3.8) is 0 Å². The molecule has 0 bridgehead atoms. The molecule has 2 aromatic heterocycles. The minimum atomic E-state index is 0.731. The highest BCUT2D eigenvalue weighted by Crippen LogP contribution is 2.19. The minimum Gasteiger partial charge on any atom is -0.312 e. The third-order valence-electron chi connectivity index (χ3n) is 2.47. The van der Waals surface area contributed by atoms with E-state index in [2.05, 4.69) is 29.5 Å². The highest BCUT2D eigenvalue weighted by atomic mass is 35.5. The molecule has 92 valence electrons. The summed E-state index contributed by atoms with van der Waals surface area (Å²) < 4.78 is 1.89. The zero-order valence-electron chi connectivity index (χ0n) is 10.0. The van der Waals surface area contributed by atoms with Crippen LogP contribution in [0.25, 0.3) is 0 Å². The van der Waals surface area contributed by atoms with E-state index in [1.807, 2.05) is 29.1 Å². The zero-order chi connectivity index (χ0) is 12.3. The van der Waals surface area contributed by atoms with Crippen LogP contribution >= 0.6 is 22.9 Å². The van der Waals surface area contributed by atoms with Crippen LogP contribution in [0.3, 0.4) is 0 Å². The molecule has 0 unspecified atom stereocenters. The van der Waals surface area contributed by atoms with Gasteiger partial charge in [-0.3, -0.25) is 4.68 Å². The molecular weight excluding hydrogens is 254 g/mol.